The zero-order valence-electron chi connectivity index (χ0n) is 17.9. The van der Waals surface area contributed by atoms with Crippen LogP contribution in [0.3, 0.4) is 0 Å². The number of carbonyl (C=O) groups excluding carboxylic acids is 1. The van der Waals surface area contributed by atoms with Crippen molar-refractivity contribution < 1.29 is 24.7 Å². The molecule has 0 aliphatic heterocycles. The number of para-hydroxylation sites is 1. The van der Waals surface area contributed by atoms with Crippen LogP contribution in [0.25, 0.3) is 0 Å². The van der Waals surface area contributed by atoms with E-state index in [-0.39, 0.29) is 35.0 Å². The summed E-state index contributed by atoms with van der Waals surface area (Å²) in [7, 11) is 0. The fourth-order valence-electron chi connectivity index (χ4n) is 3.32. The molecule has 3 rings (SSSR count). The lowest BCUT2D eigenvalue weighted by Crippen LogP contribution is -2.10. The van der Waals surface area contributed by atoms with Crippen LogP contribution in [0.4, 0.5) is 5.82 Å². The van der Waals surface area contributed by atoms with Gasteiger partial charge in [0.1, 0.15) is 11.4 Å². The van der Waals surface area contributed by atoms with E-state index >= 15 is 0 Å². The average Bonchev–Trinajstić information content (AvgIpc) is 3.14. The molecule has 0 fully saturated rings. The van der Waals surface area contributed by atoms with Crippen LogP contribution >= 0.6 is 11.8 Å². The fourth-order valence-corrected chi connectivity index (χ4v) is 4.20. The van der Waals surface area contributed by atoms with Gasteiger partial charge in [0.15, 0.2) is 0 Å². The zero-order chi connectivity index (χ0) is 24.0. The summed E-state index contributed by atoms with van der Waals surface area (Å²) >= 11 is 0.855. The summed E-state index contributed by atoms with van der Waals surface area (Å²) in [5.74, 6) is -0.962. The van der Waals surface area contributed by atoms with E-state index in [0.29, 0.717) is 17.9 Å². The van der Waals surface area contributed by atoms with Crippen molar-refractivity contribution in [1.29, 1.82) is 0 Å². The topological polar surface area (TPSA) is 136 Å². The molecule has 9 nitrogen and oxygen atoms in total. The summed E-state index contributed by atoms with van der Waals surface area (Å²) in [5.41, 5.74) is 1.32. The van der Waals surface area contributed by atoms with Crippen molar-refractivity contribution >= 4 is 28.7 Å². The van der Waals surface area contributed by atoms with Gasteiger partial charge < -0.3 is 24.9 Å². The number of benzene rings is 2. The number of hydrogen-bond donors (Lipinski definition) is 2. The maximum absolute atomic E-state index is 12.6. The van der Waals surface area contributed by atoms with Crippen LogP contribution in [0, 0.1) is 10.1 Å². The summed E-state index contributed by atoms with van der Waals surface area (Å²) in [5, 5.41) is 30.4. The molecule has 0 aliphatic carbocycles. The molecular weight excluding hydrogens is 446 g/mol. The van der Waals surface area contributed by atoms with Crippen LogP contribution in [0.2, 0.25) is 0 Å². The summed E-state index contributed by atoms with van der Waals surface area (Å²) in [6.45, 7) is 2.26. The van der Waals surface area contributed by atoms with Gasteiger partial charge in [-0.2, -0.15) is 0 Å². The van der Waals surface area contributed by atoms with Crippen LogP contribution in [-0.2, 0) is 18.7 Å². The molecule has 33 heavy (non-hydrogen) atoms. The van der Waals surface area contributed by atoms with E-state index < -0.39 is 16.0 Å². The Hall–Kier alpha value is -3.66. The predicted octanol–water partition coefficient (Wildman–Crippen LogP) is 4.66. The molecule has 1 aromatic heterocycles. The second-order valence-electron chi connectivity index (χ2n) is 7.34. The second-order valence-corrected chi connectivity index (χ2v) is 8.29. The molecule has 0 saturated carbocycles. The highest BCUT2D eigenvalue weighted by molar-refractivity contribution is 8.13. The highest BCUT2D eigenvalue weighted by atomic mass is 32.2. The Kier molecular flexibility index (Phi) is 7.83. The van der Waals surface area contributed by atoms with Crippen molar-refractivity contribution in [3.8, 4) is 5.75 Å². The van der Waals surface area contributed by atoms with Gasteiger partial charge in [-0.05, 0) is 46.2 Å². The van der Waals surface area contributed by atoms with Gasteiger partial charge in [0.2, 0.25) is 10.9 Å². The minimum Gasteiger partial charge on any atom is -0.507 e. The maximum atomic E-state index is 12.6. The minimum absolute atomic E-state index is 0.00415. The lowest BCUT2D eigenvalue weighted by atomic mass is 10.1. The molecule has 172 valence electrons. The standard InChI is InChI=1S/C23H23N3O6S/c1-2-3-8-20-24-21(26(31)32)18(14-33-23(30)17-6-4-5-7-19(17)27)25(20)13-15-9-11-16(12-10-15)22(28)29/h4-7,9-12,27H,2-3,8,13-14H2,1H3,(H,28,29). The van der Waals surface area contributed by atoms with Crippen molar-refractivity contribution in [2.75, 3.05) is 0 Å². The number of phenols is 1. The smallest absolute Gasteiger partial charge is 0.386 e. The summed E-state index contributed by atoms with van der Waals surface area (Å²) in [4.78, 5) is 39.2. The van der Waals surface area contributed by atoms with Crippen molar-refractivity contribution in [3.05, 3.63) is 86.9 Å². The minimum atomic E-state index is -1.04. The van der Waals surface area contributed by atoms with E-state index in [2.05, 4.69) is 4.98 Å². The fraction of sp³-hybridized carbons (Fsp3) is 0.261. The number of aromatic nitrogens is 2. The van der Waals surface area contributed by atoms with Gasteiger partial charge >= 0.3 is 11.8 Å². The average molecular weight is 470 g/mol. The third-order valence-corrected chi connectivity index (χ3v) is 5.96. The summed E-state index contributed by atoms with van der Waals surface area (Å²) < 4.78 is 1.73. The Morgan fingerprint density at radius 3 is 2.45 bits per heavy atom. The van der Waals surface area contributed by atoms with E-state index in [1.54, 1.807) is 28.8 Å². The molecule has 0 saturated heterocycles. The summed E-state index contributed by atoms with van der Waals surface area (Å²) in [6, 6.07) is 12.4. The molecule has 10 heteroatoms. The van der Waals surface area contributed by atoms with Gasteiger partial charge in [0.05, 0.1) is 23.4 Å². The monoisotopic (exact) mass is 469 g/mol. The van der Waals surface area contributed by atoms with Gasteiger partial charge in [-0.15, -0.1) is 0 Å². The molecule has 0 bridgehead atoms. The number of unbranched alkanes of at least 4 members (excludes halogenated alkanes) is 1. The van der Waals surface area contributed by atoms with E-state index in [0.717, 1.165) is 30.2 Å². The van der Waals surface area contributed by atoms with E-state index in [4.69, 9.17) is 5.11 Å². The van der Waals surface area contributed by atoms with Crippen LogP contribution in [-0.4, -0.2) is 35.8 Å². The number of nitrogens with zero attached hydrogens (tertiary/aromatic N) is 3. The predicted molar refractivity (Wildman–Crippen MR) is 124 cm³/mol. The lowest BCUT2D eigenvalue weighted by molar-refractivity contribution is -0.390. The molecule has 1 heterocycles. The summed E-state index contributed by atoms with van der Waals surface area (Å²) in [6.07, 6.45) is 2.20. The number of imidazole rings is 1. The molecule has 3 aromatic rings. The Bertz CT molecular complexity index is 1170. The van der Waals surface area contributed by atoms with Crippen molar-refractivity contribution in [2.45, 2.75) is 38.5 Å². The third-order valence-electron chi connectivity index (χ3n) is 5.06. The van der Waals surface area contributed by atoms with Gasteiger partial charge in [-0.3, -0.25) is 4.79 Å². The van der Waals surface area contributed by atoms with Gasteiger partial charge in [0.25, 0.3) is 0 Å². The van der Waals surface area contributed by atoms with Crippen LogP contribution in [0.5, 0.6) is 5.75 Å². The Balaban J connectivity index is 1.94. The number of nitro groups is 1. The van der Waals surface area contributed by atoms with Crippen molar-refractivity contribution in [2.24, 2.45) is 0 Å². The number of carboxylic acid groups (broad SMARTS) is 1. The number of phenolic OH excluding ortho intramolecular Hbond substituents is 1. The van der Waals surface area contributed by atoms with Crippen LogP contribution < -0.4 is 0 Å². The Morgan fingerprint density at radius 2 is 1.85 bits per heavy atom. The van der Waals surface area contributed by atoms with E-state index in [1.165, 1.54) is 24.3 Å². The number of carbonyl (C=O) groups is 2. The van der Waals surface area contributed by atoms with E-state index in [1.807, 2.05) is 6.92 Å². The molecule has 2 aromatic carbocycles. The number of aromatic carboxylic acids is 1. The van der Waals surface area contributed by atoms with Crippen molar-refractivity contribution in [1.82, 2.24) is 9.55 Å². The van der Waals surface area contributed by atoms with Gasteiger partial charge in [-0.25, -0.2) is 4.79 Å². The largest absolute Gasteiger partial charge is 0.507 e. The van der Waals surface area contributed by atoms with Gasteiger partial charge in [0, 0.05) is 6.42 Å². The SMILES string of the molecule is CCCCc1nc([N+](=O)[O-])c(CSC(=O)c2ccccc2O)n1Cc1ccc(C(=O)O)cc1. The lowest BCUT2D eigenvalue weighted by Gasteiger charge is -2.10. The molecule has 0 spiro atoms. The first-order valence-electron chi connectivity index (χ1n) is 10.3. The Labute approximate surface area is 194 Å². The zero-order valence-corrected chi connectivity index (χ0v) is 18.7. The molecule has 0 radical (unpaired) electrons. The number of carboxylic acids is 1. The number of aromatic hydroxyl groups is 1. The number of rotatable bonds is 10. The first kappa shape index (κ1) is 24.0. The number of thioether (sulfide) groups is 1. The maximum Gasteiger partial charge on any atom is 0.386 e. The first-order valence-corrected chi connectivity index (χ1v) is 11.3. The second kappa shape index (κ2) is 10.8. The van der Waals surface area contributed by atoms with Crippen LogP contribution in [0.15, 0.2) is 48.5 Å². The van der Waals surface area contributed by atoms with Crippen molar-refractivity contribution in [3.63, 3.8) is 0 Å². The molecular formula is C23H23N3O6S. The normalized spacial score (nSPS) is 10.8. The quantitative estimate of drug-likeness (QED) is 0.323. The third kappa shape index (κ3) is 5.78. The highest BCUT2D eigenvalue weighted by Crippen LogP contribution is 2.30. The highest BCUT2D eigenvalue weighted by Gasteiger charge is 2.28. The number of aryl methyl sites for hydroxylation is 1. The molecule has 0 unspecified atom stereocenters. The first-order chi connectivity index (χ1) is 15.8. The van der Waals surface area contributed by atoms with E-state index in [9.17, 15) is 24.8 Å². The van der Waals surface area contributed by atoms with Gasteiger partial charge in [-0.1, -0.05) is 49.4 Å². The molecule has 0 atom stereocenters. The molecule has 0 aliphatic rings. The Morgan fingerprint density at radius 1 is 1.15 bits per heavy atom. The number of hydrogen-bond acceptors (Lipinski definition) is 7. The van der Waals surface area contributed by atoms with Crippen LogP contribution in [0.1, 0.15) is 57.6 Å². The molecule has 0 amide bonds. The molecule has 2 N–H and O–H groups in total.